The molecule has 2 aromatic carbocycles. The van der Waals surface area contributed by atoms with E-state index in [1.165, 1.54) is 0 Å². The fourth-order valence-electron chi connectivity index (χ4n) is 2.24. The smallest absolute Gasteiger partial charge is 0.230 e. The topological polar surface area (TPSA) is 52.0 Å². The molecule has 3 aromatic rings. The van der Waals surface area contributed by atoms with Gasteiger partial charge in [0.2, 0.25) is 5.88 Å². The predicted octanol–water partition coefficient (Wildman–Crippen LogP) is 5.21. The third-order valence-electron chi connectivity index (χ3n) is 3.21. The number of aryl methyl sites for hydroxylation is 1. The summed E-state index contributed by atoms with van der Waals surface area (Å²) >= 11 is 12.2. The number of nitrogens with zero attached hydrogens (tertiary/aromatic N) is 1. The number of halogens is 2. The van der Waals surface area contributed by atoms with Gasteiger partial charge in [-0.05, 0) is 25.1 Å². The van der Waals surface area contributed by atoms with Crippen molar-refractivity contribution in [3.63, 3.8) is 0 Å². The largest absolute Gasteiger partial charge is 0.367 e. The molecular formula is C16H12Cl2N2O. The maximum absolute atomic E-state index is 6.27. The highest BCUT2D eigenvalue weighted by molar-refractivity contribution is 6.36. The van der Waals surface area contributed by atoms with Gasteiger partial charge in [-0.15, -0.1) is 0 Å². The van der Waals surface area contributed by atoms with Gasteiger partial charge in [-0.25, -0.2) is 0 Å². The molecule has 0 aliphatic carbocycles. The monoisotopic (exact) mass is 318 g/mol. The molecule has 0 spiro atoms. The van der Waals surface area contributed by atoms with Crippen molar-refractivity contribution >= 4 is 29.1 Å². The van der Waals surface area contributed by atoms with Crippen LogP contribution < -0.4 is 5.73 Å². The lowest BCUT2D eigenvalue weighted by Crippen LogP contribution is -1.89. The number of anilines is 1. The molecule has 3 rings (SSSR count). The van der Waals surface area contributed by atoms with Crippen molar-refractivity contribution in [3.05, 3.63) is 58.1 Å². The van der Waals surface area contributed by atoms with Crippen LogP contribution >= 0.6 is 23.2 Å². The molecule has 3 nitrogen and oxygen atoms in total. The molecule has 0 amide bonds. The number of rotatable bonds is 2. The van der Waals surface area contributed by atoms with Crippen LogP contribution in [0.25, 0.3) is 22.4 Å². The summed E-state index contributed by atoms with van der Waals surface area (Å²) in [5, 5.41) is 5.15. The normalized spacial score (nSPS) is 10.8. The molecule has 0 saturated heterocycles. The lowest BCUT2D eigenvalue weighted by Gasteiger charge is -2.06. The first-order valence-corrected chi connectivity index (χ1v) is 7.09. The summed E-state index contributed by atoms with van der Waals surface area (Å²) < 4.78 is 5.17. The number of hydrogen-bond acceptors (Lipinski definition) is 3. The quantitative estimate of drug-likeness (QED) is 0.706. The van der Waals surface area contributed by atoms with E-state index < -0.39 is 0 Å². The first-order valence-electron chi connectivity index (χ1n) is 6.34. The Morgan fingerprint density at radius 2 is 1.90 bits per heavy atom. The average molecular weight is 319 g/mol. The molecule has 0 fully saturated rings. The molecule has 2 N–H and O–H groups in total. The Morgan fingerprint density at radius 1 is 1.10 bits per heavy atom. The van der Waals surface area contributed by atoms with Crippen molar-refractivity contribution in [3.8, 4) is 22.4 Å². The Kier molecular flexibility index (Phi) is 3.62. The fourth-order valence-corrected chi connectivity index (χ4v) is 2.75. The van der Waals surface area contributed by atoms with Crippen molar-refractivity contribution < 1.29 is 4.52 Å². The van der Waals surface area contributed by atoms with Crippen LogP contribution in [0.5, 0.6) is 0 Å². The summed E-state index contributed by atoms with van der Waals surface area (Å²) in [7, 11) is 0. The maximum Gasteiger partial charge on any atom is 0.230 e. The summed E-state index contributed by atoms with van der Waals surface area (Å²) in [5.41, 5.74) is 10.1. The molecular weight excluding hydrogens is 307 g/mol. The van der Waals surface area contributed by atoms with Crippen LogP contribution in [0.3, 0.4) is 0 Å². The number of aromatic nitrogens is 1. The average Bonchev–Trinajstić information content (AvgIpc) is 2.81. The van der Waals surface area contributed by atoms with Crippen LogP contribution in [0, 0.1) is 6.92 Å². The van der Waals surface area contributed by atoms with Gasteiger partial charge in [-0.2, -0.15) is 0 Å². The van der Waals surface area contributed by atoms with Crippen LogP contribution in [0.2, 0.25) is 10.0 Å². The van der Waals surface area contributed by atoms with E-state index in [-0.39, 0.29) is 5.88 Å². The van der Waals surface area contributed by atoms with Crippen LogP contribution in [0.4, 0.5) is 5.88 Å². The summed E-state index contributed by atoms with van der Waals surface area (Å²) in [5.74, 6) is 0.232. The number of hydrogen-bond donors (Lipinski definition) is 1. The summed E-state index contributed by atoms with van der Waals surface area (Å²) in [6, 6.07) is 13.2. The number of benzene rings is 2. The lowest BCUT2D eigenvalue weighted by atomic mass is 10.00. The maximum atomic E-state index is 6.27. The Bertz CT molecular complexity index is 812. The van der Waals surface area contributed by atoms with E-state index in [4.69, 9.17) is 33.5 Å². The summed E-state index contributed by atoms with van der Waals surface area (Å²) in [6.07, 6.45) is 0. The van der Waals surface area contributed by atoms with E-state index in [2.05, 4.69) is 5.16 Å². The number of nitrogens with two attached hydrogens (primary N) is 1. The molecule has 0 bridgehead atoms. The van der Waals surface area contributed by atoms with E-state index in [1.54, 1.807) is 12.1 Å². The number of nitrogen functional groups attached to an aromatic ring is 1. The van der Waals surface area contributed by atoms with Crippen molar-refractivity contribution in [2.45, 2.75) is 6.92 Å². The molecule has 0 unspecified atom stereocenters. The second-order valence-corrected chi connectivity index (χ2v) is 5.61. The van der Waals surface area contributed by atoms with Crippen LogP contribution in [-0.4, -0.2) is 5.16 Å². The van der Waals surface area contributed by atoms with Gasteiger partial charge in [-0.3, -0.25) is 0 Å². The van der Waals surface area contributed by atoms with Crippen LogP contribution in [0.15, 0.2) is 47.0 Å². The minimum Gasteiger partial charge on any atom is -0.367 e. The minimum absolute atomic E-state index is 0.232. The van der Waals surface area contributed by atoms with Gasteiger partial charge in [-0.1, -0.05) is 58.2 Å². The van der Waals surface area contributed by atoms with Gasteiger partial charge < -0.3 is 10.3 Å². The Hall–Kier alpha value is -1.97. The molecule has 106 valence electrons. The van der Waals surface area contributed by atoms with Crippen LogP contribution in [-0.2, 0) is 0 Å². The van der Waals surface area contributed by atoms with Gasteiger partial charge in [0.1, 0.15) is 5.69 Å². The van der Waals surface area contributed by atoms with Gasteiger partial charge >= 0.3 is 0 Å². The van der Waals surface area contributed by atoms with Crippen molar-refractivity contribution in [1.82, 2.24) is 5.16 Å². The third-order valence-corrected chi connectivity index (χ3v) is 3.76. The highest BCUT2D eigenvalue weighted by atomic mass is 35.5. The van der Waals surface area contributed by atoms with Gasteiger partial charge in [0.15, 0.2) is 0 Å². The zero-order valence-corrected chi connectivity index (χ0v) is 12.7. The molecule has 0 radical (unpaired) electrons. The molecule has 0 saturated carbocycles. The molecule has 1 aromatic heterocycles. The van der Waals surface area contributed by atoms with E-state index in [0.717, 1.165) is 16.7 Å². The molecule has 21 heavy (non-hydrogen) atoms. The van der Waals surface area contributed by atoms with Gasteiger partial charge in [0, 0.05) is 16.1 Å². The zero-order chi connectivity index (χ0) is 15.0. The molecule has 5 heteroatoms. The second-order valence-electron chi connectivity index (χ2n) is 4.76. The highest BCUT2D eigenvalue weighted by Crippen LogP contribution is 2.40. The highest BCUT2D eigenvalue weighted by Gasteiger charge is 2.19. The molecule has 1 heterocycles. The van der Waals surface area contributed by atoms with E-state index >= 15 is 0 Å². The van der Waals surface area contributed by atoms with Crippen molar-refractivity contribution in [1.29, 1.82) is 0 Å². The Labute approximate surface area is 132 Å². The van der Waals surface area contributed by atoms with Crippen molar-refractivity contribution in [2.75, 3.05) is 5.73 Å². The molecule has 0 aliphatic rings. The fraction of sp³-hybridized carbons (Fsp3) is 0.0625. The molecule has 0 aliphatic heterocycles. The lowest BCUT2D eigenvalue weighted by molar-refractivity contribution is 0.439. The van der Waals surface area contributed by atoms with Crippen LogP contribution in [0.1, 0.15) is 5.56 Å². The van der Waals surface area contributed by atoms with Crippen molar-refractivity contribution in [2.24, 2.45) is 0 Å². The zero-order valence-electron chi connectivity index (χ0n) is 11.2. The van der Waals surface area contributed by atoms with E-state index in [0.29, 0.717) is 21.3 Å². The SMILES string of the molecule is Cc1cccc(-c2noc(N)c2-c2ccc(Cl)cc2Cl)c1. The minimum atomic E-state index is 0.232. The standard InChI is InChI=1S/C16H12Cl2N2O/c1-9-3-2-4-10(7-9)15-14(16(19)21-20-15)12-6-5-11(17)8-13(12)18/h2-8H,19H2,1H3. The second kappa shape index (κ2) is 5.43. The summed E-state index contributed by atoms with van der Waals surface area (Å²) in [4.78, 5) is 0. The first kappa shape index (κ1) is 14.0. The molecule has 0 atom stereocenters. The third kappa shape index (κ3) is 2.62. The summed E-state index contributed by atoms with van der Waals surface area (Å²) in [6.45, 7) is 2.02. The van der Waals surface area contributed by atoms with Gasteiger partial charge in [0.25, 0.3) is 0 Å². The predicted molar refractivity (Wildman–Crippen MR) is 86.5 cm³/mol. The van der Waals surface area contributed by atoms with E-state index in [1.807, 2.05) is 37.3 Å². The first-order chi connectivity index (χ1) is 10.1. The van der Waals surface area contributed by atoms with Gasteiger partial charge in [0.05, 0.1) is 10.6 Å². The Morgan fingerprint density at radius 3 is 2.62 bits per heavy atom. The Balaban J connectivity index is 2.22. The van der Waals surface area contributed by atoms with E-state index in [9.17, 15) is 0 Å².